The Morgan fingerprint density at radius 3 is 2.11 bits per heavy atom. The Labute approximate surface area is 161 Å². The smallest absolute Gasteiger partial charge is 0.232 e. The summed E-state index contributed by atoms with van der Waals surface area (Å²) in [5.41, 5.74) is 4.08. The number of benzene rings is 2. The fourth-order valence-corrected chi connectivity index (χ4v) is 4.15. The largest absolute Gasteiger partial charge is 0.497 e. The lowest BCUT2D eigenvalue weighted by Crippen LogP contribution is -2.34. The van der Waals surface area contributed by atoms with Gasteiger partial charge in [-0.15, -0.1) is 0 Å². The molecule has 0 saturated heterocycles. The van der Waals surface area contributed by atoms with Gasteiger partial charge in [-0.25, -0.2) is 8.42 Å². The highest BCUT2D eigenvalue weighted by atomic mass is 32.2. The van der Waals surface area contributed by atoms with E-state index in [0.717, 1.165) is 22.9 Å². The van der Waals surface area contributed by atoms with E-state index in [2.05, 4.69) is 5.32 Å². The lowest BCUT2D eigenvalue weighted by molar-refractivity contribution is -0.116. The van der Waals surface area contributed by atoms with E-state index in [1.807, 2.05) is 32.9 Å². The number of hydrogen-bond acceptors (Lipinski definition) is 4. The molecule has 2 rings (SSSR count). The van der Waals surface area contributed by atoms with Gasteiger partial charge in [0.25, 0.3) is 0 Å². The average Bonchev–Trinajstić information content (AvgIpc) is 2.56. The molecule has 0 fully saturated rings. The number of carbonyl (C=O) groups is 1. The minimum atomic E-state index is -3.52. The highest BCUT2D eigenvalue weighted by Crippen LogP contribution is 2.28. The first kappa shape index (κ1) is 20.8. The van der Waals surface area contributed by atoms with E-state index in [1.165, 1.54) is 4.31 Å². The lowest BCUT2D eigenvalue weighted by Gasteiger charge is -2.26. The Hall–Kier alpha value is -2.54. The van der Waals surface area contributed by atoms with Crippen molar-refractivity contribution < 1.29 is 17.9 Å². The van der Waals surface area contributed by atoms with Crippen LogP contribution in [0.4, 0.5) is 11.4 Å². The van der Waals surface area contributed by atoms with E-state index in [-0.39, 0.29) is 18.9 Å². The molecule has 0 heterocycles. The molecule has 146 valence electrons. The highest BCUT2D eigenvalue weighted by molar-refractivity contribution is 7.92. The van der Waals surface area contributed by atoms with Gasteiger partial charge in [0.05, 0.1) is 19.1 Å². The van der Waals surface area contributed by atoms with Gasteiger partial charge in [-0.1, -0.05) is 17.7 Å². The number of carbonyl (C=O) groups excluding carboxylic acids is 1. The maximum Gasteiger partial charge on any atom is 0.232 e. The molecule has 0 radical (unpaired) electrons. The molecular weight excluding hydrogens is 364 g/mol. The van der Waals surface area contributed by atoms with Gasteiger partial charge in [-0.3, -0.25) is 9.10 Å². The minimum Gasteiger partial charge on any atom is -0.497 e. The number of nitrogens with zero attached hydrogens (tertiary/aromatic N) is 1. The fraction of sp³-hybridized carbons (Fsp3) is 0.350. The van der Waals surface area contributed by atoms with E-state index in [0.29, 0.717) is 17.1 Å². The molecule has 1 N–H and O–H groups in total. The summed E-state index contributed by atoms with van der Waals surface area (Å²) in [6.07, 6.45) is 1.21. The molecule has 0 atom stereocenters. The molecule has 1 amide bonds. The molecule has 0 aromatic heterocycles. The molecule has 7 heteroatoms. The summed E-state index contributed by atoms with van der Waals surface area (Å²) in [6.45, 7) is 5.80. The van der Waals surface area contributed by atoms with Crippen LogP contribution in [0.1, 0.15) is 23.1 Å². The number of anilines is 2. The number of nitrogens with one attached hydrogen (secondary N) is 1. The molecule has 0 unspecified atom stereocenters. The van der Waals surface area contributed by atoms with Crippen molar-refractivity contribution in [1.29, 1.82) is 0 Å². The summed E-state index contributed by atoms with van der Waals surface area (Å²) in [6, 6.07) is 10.9. The number of amides is 1. The summed E-state index contributed by atoms with van der Waals surface area (Å²) in [5.74, 6) is 0.442. The Kier molecular flexibility index (Phi) is 6.49. The molecule has 0 aliphatic rings. The third-order valence-electron chi connectivity index (χ3n) is 4.20. The van der Waals surface area contributed by atoms with Crippen LogP contribution in [0.3, 0.4) is 0 Å². The van der Waals surface area contributed by atoms with E-state index in [1.54, 1.807) is 31.4 Å². The number of aryl methyl sites for hydroxylation is 3. The molecule has 27 heavy (non-hydrogen) atoms. The van der Waals surface area contributed by atoms with Crippen LogP contribution in [0, 0.1) is 20.8 Å². The van der Waals surface area contributed by atoms with Crippen LogP contribution < -0.4 is 14.4 Å². The second-order valence-electron chi connectivity index (χ2n) is 6.61. The molecule has 0 aliphatic carbocycles. The van der Waals surface area contributed by atoms with E-state index in [4.69, 9.17) is 4.74 Å². The minimum absolute atomic E-state index is 0.0475. The molecule has 6 nitrogen and oxygen atoms in total. The van der Waals surface area contributed by atoms with Gasteiger partial charge in [0.2, 0.25) is 15.9 Å². The van der Waals surface area contributed by atoms with Crippen molar-refractivity contribution >= 4 is 27.3 Å². The molecule has 2 aromatic carbocycles. The quantitative estimate of drug-likeness (QED) is 0.786. The zero-order chi connectivity index (χ0) is 20.2. The van der Waals surface area contributed by atoms with Gasteiger partial charge < -0.3 is 10.1 Å². The third kappa shape index (κ3) is 5.47. The van der Waals surface area contributed by atoms with Crippen molar-refractivity contribution in [1.82, 2.24) is 0 Å². The highest BCUT2D eigenvalue weighted by Gasteiger charge is 2.22. The third-order valence-corrected chi connectivity index (χ3v) is 5.37. The van der Waals surface area contributed by atoms with Gasteiger partial charge in [0, 0.05) is 18.7 Å². The summed E-state index contributed by atoms with van der Waals surface area (Å²) in [4.78, 5) is 12.3. The van der Waals surface area contributed by atoms with Crippen molar-refractivity contribution in [3.05, 3.63) is 53.1 Å². The standard InChI is InChI=1S/C20H26N2O4S/c1-14-12-15(2)20(16(3)13-14)22(27(5,24)25)11-10-19(23)21-17-6-8-18(26-4)9-7-17/h6-9,12-13H,10-11H2,1-5H3,(H,21,23). The zero-order valence-electron chi connectivity index (χ0n) is 16.4. The van der Waals surface area contributed by atoms with Crippen molar-refractivity contribution in [2.75, 3.05) is 29.5 Å². The second kappa shape index (κ2) is 8.43. The fourth-order valence-electron chi connectivity index (χ4n) is 3.11. The van der Waals surface area contributed by atoms with Crippen molar-refractivity contribution in [3.63, 3.8) is 0 Å². The van der Waals surface area contributed by atoms with Crippen molar-refractivity contribution in [2.45, 2.75) is 27.2 Å². The monoisotopic (exact) mass is 390 g/mol. The first-order valence-corrected chi connectivity index (χ1v) is 10.5. The van der Waals surface area contributed by atoms with Crippen LogP contribution in [-0.4, -0.2) is 34.2 Å². The summed E-state index contributed by atoms with van der Waals surface area (Å²) < 4.78 is 31.1. The SMILES string of the molecule is COc1ccc(NC(=O)CCN(c2c(C)cc(C)cc2C)S(C)(=O)=O)cc1. The normalized spacial score (nSPS) is 11.1. The number of hydrogen-bond donors (Lipinski definition) is 1. The van der Waals surface area contributed by atoms with Crippen molar-refractivity contribution in [3.8, 4) is 5.75 Å². The van der Waals surface area contributed by atoms with Crippen LogP contribution >= 0.6 is 0 Å². The Bertz CT molecular complexity index is 898. The molecule has 0 spiro atoms. The molecule has 0 saturated carbocycles. The van der Waals surface area contributed by atoms with Crippen molar-refractivity contribution in [2.24, 2.45) is 0 Å². The lowest BCUT2D eigenvalue weighted by atomic mass is 10.1. The van der Waals surface area contributed by atoms with Gasteiger partial charge in [0.15, 0.2) is 0 Å². The van der Waals surface area contributed by atoms with Gasteiger partial charge in [0.1, 0.15) is 5.75 Å². The van der Waals surface area contributed by atoms with Gasteiger partial charge >= 0.3 is 0 Å². The molecular formula is C20H26N2O4S. The second-order valence-corrected chi connectivity index (χ2v) is 8.52. The maximum atomic E-state index is 12.3. The van der Waals surface area contributed by atoms with Crippen LogP contribution in [0.15, 0.2) is 36.4 Å². The van der Waals surface area contributed by atoms with Gasteiger partial charge in [-0.05, 0) is 56.2 Å². The van der Waals surface area contributed by atoms with Crippen LogP contribution in [0.5, 0.6) is 5.75 Å². The first-order valence-electron chi connectivity index (χ1n) is 8.61. The van der Waals surface area contributed by atoms with E-state index >= 15 is 0 Å². The zero-order valence-corrected chi connectivity index (χ0v) is 17.2. The number of rotatable bonds is 7. The van der Waals surface area contributed by atoms with Crippen LogP contribution in [0.25, 0.3) is 0 Å². The molecule has 0 bridgehead atoms. The Morgan fingerprint density at radius 2 is 1.63 bits per heavy atom. The number of sulfonamides is 1. The number of ether oxygens (including phenoxy) is 1. The summed E-state index contributed by atoms with van der Waals surface area (Å²) >= 11 is 0. The predicted octanol–water partition coefficient (Wildman–Crippen LogP) is 3.42. The summed E-state index contributed by atoms with van der Waals surface area (Å²) in [5, 5.41) is 2.77. The van der Waals surface area contributed by atoms with E-state index in [9.17, 15) is 13.2 Å². The predicted molar refractivity (Wildman–Crippen MR) is 109 cm³/mol. The van der Waals surface area contributed by atoms with Crippen LogP contribution in [0.2, 0.25) is 0 Å². The topological polar surface area (TPSA) is 75.7 Å². The first-order chi connectivity index (χ1) is 12.6. The summed E-state index contributed by atoms with van der Waals surface area (Å²) in [7, 11) is -1.94. The Balaban J connectivity index is 2.14. The molecule has 2 aromatic rings. The average molecular weight is 391 g/mol. The van der Waals surface area contributed by atoms with E-state index < -0.39 is 10.0 Å². The number of methoxy groups -OCH3 is 1. The maximum absolute atomic E-state index is 12.3. The van der Waals surface area contributed by atoms with Crippen LogP contribution in [-0.2, 0) is 14.8 Å². The Morgan fingerprint density at radius 1 is 1.07 bits per heavy atom. The van der Waals surface area contributed by atoms with Gasteiger partial charge in [-0.2, -0.15) is 0 Å². The molecule has 0 aliphatic heterocycles.